The highest BCUT2D eigenvalue weighted by Crippen LogP contribution is 2.28. The van der Waals surface area contributed by atoms with E-state index in [1.54, 1.807) is 4.90 Å². The molecule has 0 bridgehead atoms. The summed E-state index contributed by atoms with van der Waals surface area (Å²) in [6, 6.07) is 6.37. The fraction of sp³-hybridized carbons (Fsp3) is 0.286. The van der Waals surface area contributed by atoms with Gasteiger partial charge >= 0.3 is 0 Å². The Labute approximate surface area is 166 Å². The Kier molecular flexibility index (Phi) is 6.24. The maximum atomic E-state index is 14.3. The third-order valence-corrected chi connectivity index (χ3v) is 4.92. The molecule has 5 nitrogen and oxygen atoms in total. The zero-order chi connectivity index (χ0) is 21.1. The lowest BCUT2D eigenvalue weighted by Crippen LogP contribution is -2.36. The lowest BCUT2D eigenvalue weighted by Gasteiger charge is -2.34. The van der Waals surface area contributed by atoms with Crippen LogP contribution in [0.4, 0.5) is 18.9 Å². The zero-order valence-electron chi connectivity index (χ0n) is 15.5. The quantitative estimate of drug-likeness (QED) is 0.712. The molecule has 0 aliphatic carbocycles. The summed E-state index contributed by atoms with van der Waals surface area (Å²) in [4.78, 5) is 14.2. The van der Waals surface area contributed by atoms with E-state index in [2.05, 4.69) is 11.9 Å². The molecule has 1 fully saturated rings. The lowest BCUT2D eigenvalue weighted by molar-refractivity contribution is 0.0786. The monoisotopic (exact) mass is 406 g/mol. The number of nitrogens with one attached hydrogen (secondary N) is 1. The van der Waals surface area contributed by atoms with Gasteiger partial charge in [0.2, 0.25) is 0 Å². The molecule has 8 heteroatoms. The maximum Gasteiger partial charge on any atom is 0.255 e. The molecule has 3 N–H and O–H groups in total. The fourth-order valence-corrected chi connectivity index (χ4v) is 3.18. The van der Waals surface area contributed by atoms with E-state index in [4.69, 9.17) is 0 Å². The molecule has 1 heterocycles. The van der Waals surface area contributed by atoms with Crippen molar-refractivity contribution in [3.63, 3.8) is 0 Å². The second-order valence-corrected chi connectivity index (χ2v) is 6.93. The van der Waals surface area contributed by atoms with Crippen molar-refractivity contribution in [1.29, 1.82) is 0 Å². The number of piperidine rings is 1. The molecular formula is C21H21F3N2O3. The number of hydrogen-bond acceptors (Lipinski definition) is 4. The largest absolute Gasteiger partial charge is 0.393 e. The first-order chi connectivity index (χ1) is 13.8. The standard InChI is InChI=1S/C21H21F3N2O3/c1-12(26-8-6-15(27)7-9-26)20(28)16-10-13(2-4-17(16)22)21(29)25-14-3-5-18(23)19(24)11-14/h2-5,10-11,15,20,27-28H,1,6-9H2,(H,25,29). The van der Waals surface area contributed by atoms with Crippen molar-refractivity contribution in [1.82, 2.24) is 4.90 Å². The highest BCUT2D eigenvalue weighted by Gasteiger charge is 2.25. The molecule has 3 rings (SSSR count). The smallest absolute Gasteiger partial charge is 0.255 e. The second-order valence-electron chi connectivity index (χ2n) is 6.93. The third-order valence-electron chi connectivity index (χ3n) is 4.92. The summed E-state index contributed by atoms with van der Waals surface area (Å²) in [5.41, 5.74) is 0.219. The summed E-state index contributed by atoms with van der Waals surface area (Å²) in [6.45, 7) is 4.79. The van der Waals surface area contributed by atoms with Crippen molar-refractivity contribution in [2.45, 2.75) is 25.0 Å². The average molecular weight is 406 g/mol. The van der Waals surface area contributed by atoms with E-state index in [1.807, 2.05) is 0 Å². The van der Waals surface area contributed by atoms with Gasteiger partial charge in [-0.2, -0.15) is 0 Å². The number of benzene rings is 2. The van der Waals surface area contributed by atoms with Crippen LogP contribution < -0.4 is 5.32 Å². The fourth-order valence-electron chi connectivity index (χ4n) is 3.18. The Morgan fingerprint density at radius 3 is 2.38 bits per heavy atom. The number of anilines is 1. The first-order valence-electron chi connectivity index (χ1n) is 9.12. The van der Waals surface area contributed by atoms with Gasteiger partial charge in [-0.15, -0.1) is 0 Å². The average Bonchev–Trinajstić information content (AvgIpc) is 2.70. The number of aliphatic hydroxyl groups is 2. The van der Waals surface area contributed by atoms with E-state index in [0.717, 1.165) is 18.2 Å². The van der Waals surface area contributed by atoms with Crippen LogP contribution in [0.5, 0.6) is 0 Å². The molecule has 1 aliphatic rings. The van der Waals surface area contributed by atoms with Crippen molar-refractivity contribution in [3.05, 3.63) is 77.3 Å². The molecular weight excluding hydrogens is 385 g/mol. The molecule has 0 aromatic heterocycles. The predicted octanol–water partition coefficient (Wildman–Crippen LogP) is 3.36. The third kappa shape index (κ3) is 4.78. The summed E-state index contributed by atoms with van der Waals surface area (Å²) >= 11 is 0. The SMILES string of the molecule is C=C(C(O)c1cc(C(=O)Nc2ccc(F)c(F)c2)ccc1F)N1CCC(O)CC1. The minimum absolute atomic E-state index is 0.0343. The minimum Gasteiger partial charge on any atom is -0.393 e. The van der Waals surface area contributed by atoms with E-state index in [1.165, 1.54) is 18.2 Å². The number of hydrogen-bond donors (Lipinski definition) is 3. The van der Waals surface area contributed by atoms with Crippen LogP contribution in [0.2, 0.25) is 0 Å². The Hall–Kier alpha value is -2.84. The van der Waals surface area contributed by atoms with Gasteiger partial charge in [0, 0.05) is 41.7 Å². The van der Waals surface area contributed by atoms with E-state index in [0.29, 0.717) is 25.9 Å². The van der Waals surface area contributed by atoms with Crippen LogP contribution in [0.15, 0.2) is 48.7 Å². The Balaban J connectivity index is 1.77. The van der Waals surface area contributed by atoms with Gasteiger partial charge in [0.05, 0.1) is 6.10 Å². The summed E-state index contributed by atoms with van der Waals surface area (Å²) in [7, 11) is 0. The normalized spacial score (nSPS) is 15.8. The van der Waals surface area contributed by atoms with Crippen LogP contribution in [0, 0.1) is 17.5 Å². The number of likely N-dealkylation sites (tertiary alicyclic amines) is 1. The summed E-state index contributed by atoms with van der Waals surface area (Å²) in [6.07, 6.45) is -0.743. The molecule has 1 unspecified atom stereocenters. The van der Waals surface area contributed by atoms with Crippen LogP contribution >= 0.6 is 0 Å². The van der Waals surface area contributed by atoms with Gasteiger partial charge in [0.15, 0.2) is 11.6 Å². The number of amides is 1. The number of carbonyl (C=O) groups is 1. The van der Waals surface area contributed by atoms with Crippen molar-refractivity contribution in [2.24, 2.45) is 0 Å². The van der Waals surface area contributed by atoms with Gasteiger partial charge in [-0.05, 0) is 43.2 Å². The zero-order valence-corrected chi connectivity index (χ0v) is 15.5. The molecule has 0 saturated carbocycles. The Morgan fingerprint density at radius 2 is 1.72 bits per heavy atom. The highest BCUT2D eigenvalue weighted by atomic mass is 19.2. The molecule has 2 aromatic rings. The number of carbonyl (C=O) groups excluding carboxylic acids is 1. The molecule has 0 radical (unpaired) electrons. The Bertz CT molecular complexity index is 927. The highest BCUT2D eigenvalue weighted by molar-refractivity contribution is 6.04. The summed E-state index contributed by atoms with van der Waals surface area (Å²) in [5.74, 6) is -3.53. The molecule has 0 spiro atoms. The van der Waals surface area contributed by atoms with Gasteiger partial charge in [0.1, 0.15) is 11.9 Å². The molecule has 2 aromatic carbocycles. The molecule has 1 amide bonds. The van der Waals surface area contributed by atoms with Gasteiger partial charge in [0.25, 0.3) is 5.91 Å². The van der Waals surface area contributed by atoms with Gasteiger partial charge in [-0.25, -0.2) is 13.2 Å². The van der Waals surface area contributed by atoms with Gasteiger partial charge < -0.3 is 20.4 Å². The van der Waals surface area contributed by atoms with Gasteiger partial charge in [-0.3, -0.25) is 4.79 Å². The van der Waals surface area contributed by atoms with E-state index >= 15 is 0 Å². The number of aliphatic hydroxyl groups excluding tert-OH is 2. The van der Waals surface area contributed by atoms with Crippen LogP contribution in [-0.2, 0) is 0 Å². The van der Waals surface area contributed by atoms with Crippen molar-refractivity contribution in [3.8, 4) is 0 Å². The van der Waals surface area contributed by atoms with Crippen LogP contribution in [0.25, 0.3) is 0 Å². The van der Waals surface area contributed by atoms with Crippen LogP contribution in [0.3, 0.4) is 0 Å². The number of rotatable bonds is 5. The molecule has 1 saturated heterocycles. The Morgan fingerprint density at radius 1 is 1.07 bits per heavy atom. The van der Waals surface area contributed by atoms with E-state index in [9.17, 15) is 28.2 Å². The topological polar surface area (TPSA) is 72.8 Å². The first kappa shape index (κ1) is 20.9. The van der Waals surface area contributed by atoms with Crippen molar-refractivity contribution >= 4 is 11.6 Å². The van der Waals surface area contributed by atoms with Crippen molar-refractivity contribution < 1.29 is 28.2 Å². The second kappa shape index (κ2) is 8.67. The van der Waals surface area contributed by atoms with Crippen LogP contribution in [-0.4, -0.2) is 40.2 Å². The predicted molar refractivity (Wildman–Crippen MR) is 102 cm³/mol. The number of nitrogens with zero attached hydrogens (tertiary/aromatic N) is 1. The minimum atomic E-state index is -1.37. The van der Waals surface area contributed by atoms with E-state index < -0.39 is 35.6 Å². The van der Waals surface area contributed by atoms with Crippen LogP contribution in [0.1, 0.15) is 34.9 Å². The lowest BCUT2D eigenvalue weighted by atomic mass is 10.00. The molecule has 1 aliphatic heterocycles. The summed E-state index contributed by atoms with van der Waals surface area (Å²) in [5, 5.41) is 22.6. The molecule has 1 atom stereocenters. The summed E-state index contributed by atoms with van der Waals surface area (Å²) < 4.78 is 40.6. The molecule has 29 heavy (non-hydrogen) atoms. The van der Waals surface area contributed by atoms with Gasteiger partial charge in [-0.1, -0.05) is 6.58 Å². The number of halogens is 3. The maximum absolute atomic E-state index is 14.3. The molecule has 154 valence electrons. The van der Waals surface area contributed by atoms with E-state index in [-0.39, 0.29) is 22.5 Å². The first-order valence-corrected chi connectivity index (χ1v) is 9.12. The van der Waals surface area contributed by atoms with Crippen molar-refractivity contribution in [2.75, 3.05) is 18.4 Å².